The molecule has 1 unspecified atom stereocenters. The number of nitrogens with zero attached hydrogens (tertiary/aromatic N) is 1. The van der Waals surface area contributed by atoms with Gasteiger partial charge in [-0.15, -0.1) is 0 Å². The monoisotopic (exact) mass is 344 g/mol. The van der Waals surface area contributed by atoms with Crippen LogP contribution >= 0.6 is 0 Å². The Kier molecular flexibility index (Phi) is 5.82. The number of benzene rings is 1. The van der Waals surface area contributed by atoms with Gasteiger partial charge in [0.05, 0.1) is 6.42 Å². The lowest BCUT2D eigenvalue weighted by atomic mass is 10.1. The lowest BCUT2D eigenvalue weighted by Crippen LogP contribution is -2.31. The van der Waals surface area contributed by atoms with Crippen LogP contribution in [-0.4, -0.2) is 49.2 Å². The Bertz CT molecular complexity index is 598. The Hall–Kier alpha value is -2.09. The fourth-order valence-electron chi connectivity index (χ4n) is 2.35. The second-order valence-electron chi connectivity index (χ2n) is 5.66. The molecule has 8 heteroatoms. The van der Waals surface area contributed by atoms with E-state index in [1.807, 2.05) is 0 Å². The van der Waals surface area contributed by atoms with Gasteiger partial charge in [0.15, 0.2) is 0 Å². The smallest absolute Gasteiger partial charge is 0.368 e. The highest BCUT2D eigenvalue weighted by molar-refractivity contribution is 5.98. The van der Waals surface area contributed by atoms with Crippen LogP contribution in [0.1, 0.15) is 29.6 Å². The number of hydrogen-bond donors (Lipinski definition) is 1. The van der Waals surface area contributed by atoms with Gasteiger partial charge >= 0.3 is 6.18 Å². The second kappa shape index (κ2) is 7.65. The van der Waals surface area contributed by atoms with Crippen molar-refractivity contribution in [2.75, 3.05) is 25.5 Å². The van der Waals surface area contributed by atoms with Crippen LogP contribution in [0.4, 0.5) is 18.9 Å². The van der Waals surface area contributed by atoms with Gasteiger partial charge in [-0.25, -0.2) is 0 Å². The molecular weight excluding hydrogens is 325 g/mol. The third-order valence-electron chi connectivity index (χ3n) is 3.68. The van der Waals surface area contributed by atoms with E-state index in [0.717, 1.165) is 11.3 Å². The molecule has 0 aliphatic carbocycles. The van der Waals surface area contributed by atoms with Crippen molar-refractivity contribution in [3.05, 3.63) is 29.8 Å². The van der Waals surface area contributed by atoms with Crippen LogP contribution in [0.2, 0.25) is 0 Å². The molecule has 1 aromatic rings. The summed E-state index contributed by atoms with van der Waals surface area (Å²) in [6.07, 6.45) is -4.42. The number of carbonyl (C=O) groups excluding carboxylic acids is 2. The van der Waals surface area contributed by atoms with Gasteiger partial charge in [-0.3, -0.25) is 9.59 Å². The molecule has 5 nitrogen and oxygen atoms in total. The van der Waals surface area contributed by atoms with E-state index in [9.17, 15) is 22.8 Å². The van der Waals surface area contributed by atoms with E-state index < -0.39 is 31.2 Å². The maximum absolute atomic E-state index is 12.2. The maximum atomic E-state index is 12.2. The molecule has 2 rings (SSSR count). The summed E-state index contributed by atoms with van der Waals surface area (Å²) in [5.41, 5.74) is 0.621. The number of rotatable bonds is 5. The molecule has 0 saturated carbocycles. The summed E-state index contributed by atoms with van der Waals surface area (Å²) in [5, 5.41) is 2.66. The molecule has 24 heavy (non-hydrogen) atoms. The van der Waals surface area contributed by atoms with Crippen LogP contribution in [0, 0.1) is 0 Å². The summed E-state index contributed by atoms with van der Waals surface area (Å²) in [6.45, 7) is 0.120. The van der Waals surface area contributed by atoms with Crippen molar-refractivity contribution in [2.24, 2.45) is 0 Å². The van der Waals surface area contributed by atoms with Gasteiger partial charge in [0.2, 0.25) is 0 Å². The molecule has 2 amide bonds. The first-order valence-corrected chi connectivity index (χ1v) is 7.61. The number of halogens is 3. The third kappa shape index (κ3) is 5.23. The minimum atomic E-state index is -4.31. The lowest BCUT2D eigenvalue weighted by Gasteiger charge is -2.18. The summed E-state index contributed by atoms with van der Waals surface area (Å²) in [4.78, 5) is 25.2. The van der Waals surface area contributed by atoms with E-state index in [1.165, 1.54) is 19.2 Å². The van der Waals surface area contributed by atoms with E-state index in [4.69, 9.17) is 4.74 Å². The van der Waals surface area contributed by atoms with Crippen molar-refractivity contribution in [3.8, 4) is 0 Å². The topological polar surface area (TPSA) is 58.6 Å². The first-order chi connectivity index (χ1) is 11.3. The minimum Gasteiger partial charge on any atom is -0.368 e. The number of alkyl halides is 3. The number of carbonyl (C=O) groups is 2. The third-order valence-corrected chi connectivity index (χ3v) is 3.68. The zero-order valence-corrected chi connectivity index (χ0v) is 13.2. The molecule has 0 radical (unpaired) electrons. The Balaban J connectivity index is 1.98. The molecule has 0 aromatic heterocycles. The zero-order valence-electron chi connectivity index (χ0n) is 13.2. The first kappa shape index (κ1) is 18.3. The fourth-order valence-corrected chi connectivity index (χ4v) is 2.35. The average molecular weight is 344 g/mol. The van der Waals surface area contributed by atoms with Crippen molar-refractivity contribution in [1.82, 2.24) is 4.90 Å². The molecule has 1 aliphatic heterocycles. The van der Waals surface area contributed by atoms with Crippen LogP contribution < -0.4 is 5.32 Å². The lowest BCUT2D eigenvalue weighted by molar-refractivity contribution is -0.136. The SMILES string of the molecule is CN(CCC(F)(F)F)C(=O)c1cccc(NC(=O)C2CCCO2)c1. The van der Waals surface area contributed by atoms with Crippen LogP contribution in [0.25, 0.3) is 0 Å². The highest BCUT2D eigenvalue weighted by atomic mass is 19.4. The van der Waals surface area contributed by atoms with E-state index in [-0.39, 0.29) is 11.5 Å². The molecular formula is C16H19F3N2O3. The number of ether oxygens (including phenoxy) is 1. The van der Waals surface area contributed by atoms with Crippen LogP contribution in [0.15, 0.2) is 24.3 Å². The normalized spacial score (nSPS) is 17.6. The van der Waals surface area contributed by atoms with Gasteiger partial charge in [0.25, 0.3) is 11.8 Å². The van der Waals surface area contributed by atoms with Crippen molar-refractivity contribution >= 4 is 17.5 Å². The zero-order chi connectivity index (χ0) is 17.7. The molecule has 1 N–H and O–H groups in total. The van der Waals surface area contributed by atoms with Crippen LogP contribution in [0.3, 0.4) is 0 Å². The summed E-state index contributed by atoms with van der Waals surface area (Å²) in [7, 11) is 1.31. The van der Waals surface area contributed by atoms with Gasteiger partial charge in [-0.05, 0) is 31.0 Å². The van der Waals surface area contributed by atoms with E-state index in [2.05, 4.69) is 5.32 Å². The average Bonchev–Trinajstić information content (AvgIpc) is 3.06. The predicted molar refractivity (Wildman–Crippen MR) is 81.7 cm³/mol. The Labute approximate surface area is 137 Å². The van der Waals surface area contributed by atoms with E-state index >= 15 is 0 Å². The largest absolute Gasteiger partial charge is 0.390 e. The second-order valence-corrected chi connectivity index (χ2v) is 5.66. The molecule has 1 atom stereocenters. The molecule has 1 aliphatic rings. The Morgan fingerprint density at radius 2 is 2.12 bits per heavy atom. The molecule has 0 spiro atoms. The number of anilines is 1. The quantitative estimate of drug-likeness (QED) is 0.894. The molecule has 1 heterocycles. The van der Waals surface area contributed by atoms with Gasteiger partial charge in [-0.2, -0.15) is 13.2 Å². The van der Waals surface area contributed by atoms with Crippen molar-refractivity contribution in [1.29, 1.82) is 0 Å². The standard InChI is InChI=1S/C16H19F3N2O3/c1-21(8-7-16(17,18)19)15(23)11-4-2-5-12(10-11)20-14(22)13-6-3-9-24-13/h2,4-5,10,13H,3,6-9H2,1H3,(H,20,22). The number of nitrogens with one attached hydrogen (secondary N) is 1. The summed E-state index contributed by atoms with van der Waals surface area (Å²) in [5.74, 6) is -0.824. The fraction of sp³-hybridized carbons (Fsp3) is 0.500. The molecule has 1 aromatic carbocycles. The summed E-state index contributed by atoms with van der Waals surface area (Å²) in [6, 6.07) is 6.11. The maximum Gasteiger partial charge on any atom is 0.390 e. The highest BCUT2D eigenvalue weighted by Crippen LogP contribution is 2.21. The van der Waals surface area contributed by atoms with Crippen LogP contribution in [0.5, 0.6) is 0 Å². The van der Waals surface area contributed by atoms with Gasteiger partial charge < -0.3 is 15.0 Å². The van der Waals surface area contributed by atoms with Gasteiger partial charge in [0.1, 0.15) is 6.10 Å². The minimum absolute atomic E-state index is 0.213. The predicted octanol–water partition coefficient (Wildman–Crippen LogP) is 2.83. The van der Waals surface area contributed by atoms with Crippen molar-refractivity contribution < 1.29 is 27.5 Å². The van der Waals surface area contributed by atoms with E-state index in [0.29, 0.717) is 18.7 Å². The molecule has 1 fully saturated rings. The summed E-state index contributed by atoms with van der Waals surface area (Å²) >= 11 is 0. The Morgan fingerprint density at radius 3 is 2.75 bits per heavy atom. The first-order valence-electron chi connectivity index (χ1n) is 7.61. The van der Waals surface area contributed by atoms with E-state index in [1.54, 1.807) is 12.1 Å². The van der Waals surface area contributed by atoms with Crippen molar-refractivity contribution in [2.45, 2.75) is 31.5 Å². The summed E-state index contributed by atoms with van der Waals surface area (Å²) < 4.78 is 42.0. The molecule has 1 saturated heterocycles. The number of hydrogen-bond acceptors (Lipinski definition) is 3. The van der Waals surface area contributed by atoms with Gasteiger partial charge in [-0.1, -0.05) is 6.07 Å². The Morgan fingerprint density at radius 1 is 1.38 bits per heavy atom. The van der Waals surface area contributed by atoms with Crippen molar-refractivity contribution in [3.63, 3.8) is 0 Å². The van der Waals surface area contributed by atoms with Crippen LogP contribution in [-0.2, 0) is 9.53 Å². The van der Waals surface area contributed by atoms with Gasteiger partial charge in [0, 0.05) is 31.5 Å². The number of amides is 2. The highest BCUT2D eigenvalue weighted by Gasteiger charge is 2.28. The molecule has 132 valence electrons. The molecule has 0 bridgehead atoms.